The van der Waals surface area contributed by atoms with Gasteiger partial charge in [-0.3, -0.25) is 4.79 Å². The van der Waals surface area contributed by atoms with Gasteiger partial charge in [0.05, 0.1) is 30.0 Å². The average molecular weight is 325 g/mol. The van der Waals surface area contributed by atoms with Crippen LogP contribution < -0.4 is 10.1 Å². The molecule has 7 nitrogen and oxygen atoms in total. The van der Waals surface area contributed by atoms with Crippen LogP contribution in [-0.2, 0) is 9.84 Å². The molecule has 1 amide bonds. The Morgan fingerprint density at radius 2 is 2.00 bits per heavy atom. The Labute approximate surface area is 129 Å². The minimum absolute atomic E-state index is 0.0284. The second-order valence-electron chi connectivity index (χ2n) is 5.82. The molecule has 0 unspecified atom stereocenters. The zero-order chi connectivity index (χ0) is 15.6. The third-order valence-electron chi connectivity index (χ3n) is 3.73. The molecule has 1 heterocycles. The highest BCUT2D eigenvalue weighted by atomic mass is 32.2. The van der Waals surface area contributed by atoms with Crippen LogP contribution in [0.5, 0.6) is 5.88 Å². The van der Waals surface area contributed by atoms with E-state index in [0.29, 0.717) is 18.4 Å². The van der Waals surface area contributed by atoms with Gasteiger partial charge in [-0.15, -0.1) is 0 Å². The standard InChI is InChI=1S/C14H19N3O4S/c18-14(15-5-6-22(19,20)11-3-4-11)12-7-17-13(8-16-12)21-9-10-1-2-10/h7-8,10-11H,1-6,9H2,(H,15,18). The van der Waals surface area contributed by atoms with E-state index in [1.54, 1.807) is 0 Å². The molecule has 0 spiro atoms. The Morgan fingerprint density at radius 3 is 2.59 bits per heavy atom. The van der Waals surface area contributed by atoms with Crippen LogP contribution in [0.4, 0.5) is 0 Å². The average Bonchev–Trinajstić information content (AvgIpc) is 3.39. The molecular weight excluding hydrogens is 306 g/mol. The zero-order valence-corrected chi connectivity index (χ0v) is 13.0. The number of hydrogen-bond donors (Lipinski definition) is 1. The van der Waals surface area contributed by atoms with Gasteiger partial charge in [0.2, 0.25) is 5.88 Å². The van der Waals surface area contributed by atoms with Gasteiger partial charge in [0.25, 0.3) is 5.91 Å². The van der Waals surface area contributed by atoms with Gasteiger partial charge in [0, 0.05) is 6.54 Å². The van der Waals surface area contributed by atoms with E-state index in [1.807, 2.05) is 0 Å². The van der Waals surface area contributed by atoms with Crippen molar-refractivity contribution in [1.29, 1.82) is 0 Å². The third-order valence-corrected chi connectivity index (χ3v) is 5.99. The van der Waals surface area contributed by atoms with E-state index in [1.165, 1.54) is 25.2 Å². The molecule has 0 saturated heterocycles. The highest BCUT2D eigenvalue weighted by Gasteiger charge is 2.35. The maximum atomic E-state index is 11.9. The molecule has 0 aliphatic heterocycles. The summed E-state index contributed by atoms with van der Waals surface area (Å²) in [4.78, 5) is 19.9. The first-order chi connectivity index (χ1) is 10.5. The molecule has 8 heteroatoms. The molecule has 0 atom stereocenters. The summed E-state index contributed by atoms with van der Waals surface area (Å²) in [6.07, 6.45) is 6.62. The largest absolute Gasteiger partial charge is 0.476 e. The first kappa shape index (κ1) is 15.2. The van der Waals surface area contributed by atoms with E-state index < -0.39 is 15.7 Å². The van der Waals surface area contributed by atoms with Crippen molar-refractivity contribution in [3.05, 3.63) is 18.1 Å². The SMILES string of the molecule is O=C(NCCS(=O)(=O)C1CC1)c1cnc(OCC2CC2)cn1. The molecular formula is C14H19N3O4S. The van der Waals surface area contributed by atoms with Gasteiger partial charge in [0.1, 0.15) is 5.69 Å². The molecule has 2 aliphatic carbocycles. The Bertz CT molecular complexity index is 637. The fourth-order valence-corrected chi connectivity index (χ4v) is 3.56. The highest BCUT2D eigenvalue weighted by molar-refractivity contribution is 7.92. The molecule has 120 valence electrons. The van der Waals surface area contributed by atoms with Gasteiger partial charge < -0.3 is 10.1 Å². The number of carbonyl (C=O) groups is 1. The summed E-state index contributed by atoms with van der Waals surface area (Å²) in [5, 5.41) is 2.35. The molecule has 2 aliphatic rings. The van der Waals surface area contributed by atoms with E-state index in [-0.39, 0.29) is 23.2 Å². The summed E-state index contributed by atoms with van der Waals surface area (Å²) in [6.45, 7) is 0.735. The second-order valence-corrected chi connectivity index (χ2v) is 8.22. The van der Waals surface area contributed by atoms with Crippen LogP contribution in [0, 0.1) is 5.92 Å². The summed E-state index contributed by atoms with van der Waals surface area (Å²) < 4.78 is 28.8. The lowest BCUT2D eigenvalue weighted by Gasteiger charge is -2.06. The Balaban J connectivity index is 1.44. The van der Waals surface area contributed by atoms with Crippen LogP contribution in [0.25, 0.3) is 0 Å². The molecule has 22 heavy (non-hydrogen) atoms. The van der Waals surface area contributed by atoms with Crippen molar-refractivity contribution in [2.24, 2.45) is 5.92 Å². The van der Waals surface area contributed by atoms with E-state index in [4.69, 9.17) is 4.74 Å². The van der Waals surface area contributed by atoms with E-state index >= 15 is 0 Å². The number of nitrogens with one attached hydrogen (secondary N) is 1. The zero-order valence-electron chi connectivity index (χ0n) is 12.2. The van der Waals surface area contributed by atoms with Gasteiger partial charge in [-0.1, -0.05) is 0 Å². The summed E-state index contributed by atoms with van der Waals surface area (Å²) in [5.41, 5.74) is 0.155. The lowest BCUT2D eigenvalue weighted by atomic mass is 10.4. The number of rotatable bonds is 8. The molecule has 2 fully saturated rings. The van der Waals surface area contributed by atoms with Crippen LogP contribution >= 0.6 is 0 Å². The van der Waals surface area contributed by atoms with Gasteiger partial charge in [0.15, 0.2) is 9.84 Å². The highest BCUT2D eigenvalue weighted by Crippen LogP contribution is 2.29. The summed E-state index contributed by atoms with van der Waals surface area (Å²) in [5.74, 6) is 0.574. The summed E-state index contributed by atoms with van der Waals surface area (Å²) in [6, 6.07) is 0. The molecule has 0 aromatic carbocycles. The van der Waals surface area contributed by atoms with Crippen LogP contribution in [0.3, 0.4) is 0 Å². The molecule has 1 aromatic rings. The lowest BCUT2D eigenvalue weighted by Crippen LogP contribution is -2.30. The number of aromatic nitrogens is 2. The number of carbonyl (C=O) groups excluding carboxylic acids is 1. The number of ether oxygens (including phenoxy) is 1. The van der Waals surface area contributed by atoms with Crippen LogP contribution in [0.2, 0.25) is 0 Å². The van der Waals surface area contributed by atoms with Gasteiger partial charge in [-0.25, -0.2) is 18.4 Å². The molecule has 2 saturated carbocycles. The minimum Gasteiger partial charge on any atom is -0.476 e. The van der Waals surface area contributed by atoms with Gasteiger partial charge in [-0.05, 0) is 31.6 Å². The van der Waals surface area contributed by atoms with Crippen molar-refractivity contribution in [3.8, 4) is 5.88 Å². The topological polar surface area (TPSA) is 98.2 Å². The molecule has 0 bridgehead atoms. The van der Waals surface area contributed by atoms with Crippen LogP contribution in [-0.4, -0.2) is 48.4 Å². The quantitative estimate of drug-likeness (QED) is 0.750. The summed E-state index contributed by atoms with van der Waals surface area (Å²) >= 11 is 0. The smallest absolute Gasteiger partial charge is 0.271 e. The predicted molar refractivity (Wildman–Crippen MR) is 79.4 cm³/mol. The molecule has 1 N–H and O–H groups in total. The van der Waals surface area contributed by atoms with Crippen LogP contribution in [0.15, 0.2) is 12.4 Å². The Morgan fingerprint density at radius 1 is 1.23 bits per heavy atom. The van der Waals surface area contributed by atoms with Crippen molar-refractivity contribution in [1.82, 2.24) is 15.3 Å². The molecule has 3 rings (SSSR count). The fraction of sp³-hybridized carbons (Fsp3) is 0.643. The Hall–Kier alpha value is -1.70. The first-order valence-electron chi connectivity index (χ1n) is 7.49. The molecule has 0 radical (unpaired) electrons. The maximum absolute atomic E-state index is 11.9. The van der Waals surface area contributed by atoms with E-state index in [9.17, 15) is 13.2 Å². The second kappa shape index (κ2) is 6.20. The van der Waals surface area contributed by atoms with Crippen molar-refractivity contribution in [2.45, 2.75) is 30.9 Å². The number of amides is 1. The van der Waals surface area contributed by atoms with Crippen molar-refractivity contribution in [3.63, 3.8) is 0 Å². The maximum Gasteiger partial charge on any atom is 0.271 e. The first-order valence-corrected chi connectivity index (χ1v) is 9.21. The van der Waals surface area contributed by atoms with E-state index in [0.717, 1.165) is 12.8 Å². The normalized spacial score (nSPS) is 18.0. The van der Waals surface area contributed by atoms with Crippen molar-refractivity contribution >= 4 is 15.7 Å². The fourth-order valence-electron chi connectivity index (χ4n) is 1.99. The van der Waals surface area contributed by atoms with Crippen molar-refractivity contribution < 1.29 is 17.9 Å². The van der Waals surface area contributed by atoms with Crippen molar-refractivity contribution in [2.75, 3.05) is 18.9 Å². The van der Waals surface area contributed by atoms with Gasteiger partial charge >= 0.3 is 0 Å². The number of hydrogen-bond acceptors (Lipinski definition) is 6. The molecule has 1 aromatic heterocycles. The minimum atomic E-state index is -3.05. The monoisotopic (exact) mass is 325 g/mol. The predicted octanol–water partition coefficient (Wildman–Crippen LogP) is 0.572. The Kier molecular flexibility index (Phi) is 4.28. The number of sulfone groups is 1. The third kappa shape index (κ3) is 4.16. The van der Waals surface area contributed by atoms with E-state index in [2.05, 4.69) is 15.3 Å². The van der Waals surface area contributed by atoms with Gasteiger partial charge in [-0.2, -0.15) is 0 Å². The van der Waals surface area contributed by atoms with Crippen LogP contribution in [0.1, 0.15) is 36.2 Å². The summed E-state index contributed by atoms with van der Waals surface area (Å²) in [7, 11) is -3.05. The number of nitrogens with zero attached hydrogens (tertiary/aromatic N) is 2. The lowest BCUT2D eigenvalue weighted by molar-refractivity contribution is 0.0950.